The van der Waals surface area contributed by atoms with Crippen molar-refractivity contribution in [2.24, 2.45) is 0 Å². The number of sulfonamides is 1. The minimum Gasteiger partial charge on any atom is -0.491 e. The van der Waals surface area contributed by atoms with Gasteiger partial charge in [-0.2, -0.15) is 0 Å². The molecule has 1 aromatic heterocycles. The lowest BCUT2D eigenvalue weighted by atomic mass is 10.2. The quantitative estimate of drug-likeness (QED) is 0.744. The fourth-order valence-corrected chi connectivity index (χ4v) is 3.12. The van der Waals surface area contributed by atoms with Crippen molar-refractivity contribution in [3.63, 3.8) is 0 Å². The van der Waals surface area contributed by atoms with E-state index in [1.54, 1.807) is 24.3 Å². The number of hydrogen-bond donors (Lipinski definition) is 2. The molecule has 0 bridgehead atoms. The third-order valence-corrected chi connectivity index (χ3v) is 4.93. The summed E-state index contributed by atoms with van der Waals surface area (Å²) in [6.45, 7) is 7.97. The van der Waals surface area contributed by atoms with Gasteiger partial charge in [0.25, 0.3) is 10.0 Å². The predicted octanol–water partition coefficient (Wildman–Crippen LogP) is 3.88. The van der Waals surface area contributed by atoms with Gasteiger partial charge in [0, 0.05) is 6.04 Å². The van der Waals surface area contributed by atoms with Crippen LogP contribution in [0.2, 0.25) is 0 Å². The number of rotatable bonds is 8. The smallest absolute Gasteiger partial charge is 0.261 e. The average molecular weight is 363 g/mol. The second kappa shape index (κ2) is 8.20. The highest BCUT2D eigenvalue weighted by Crippen LogP contribution is 2.20. The van der Waals surface area contributed by atoms with Crippen molar-refractivity contribution in [1.82, 2.24) is 4.98 Å². The van der Waals surface area contributed by atoms with E-state index in [1.807, 2.05) is 13.8 Å². The largest absolute Gasteiger partial charge is 0.491 e. The molecule has 0 aliphatic carbocycles. The first-order chi connectivity index (χ1) is 11.8. The van der Waals surface area contributed by atoms with Gasteiger partial charge in [-0.05, 0) is 63.6 Å². The number of pyridine rings is 1. The van der Waals surface area contributed by atoms with Crippen molar-refractivity contribution in [2.45, 2.75) is 51.2 Å². The van der Waals surface area contributed by atoms with E-state index >= 15 is 0 Å². The number of anilines is 2. The lowest BCUT2D eigenvalue weighted by molar-refractivity contribution is 0.242. The van der Waals surface area contributed by atoms with E-state index in [0.29, 0.717) is 23.3 Å². The molecule has 2 aromatic rings. The van der Waals surface area contributed by atoms with Crippen LogP contribution < -0.4 is 14.8 Å². The molecule has 2 rings (SSSR count). The van der Waals surface area contributed by atoms with Crippen LogP contribution in [-0.2, 0) is 10.0 Å². The Balaban J connectivity index is 2.07. The lowest BCUT2D eigenvalue weighted by Crippen LogP contribution is -2.15. The maximum Gasteiger partial charge on any atom is 0.261 e. The second-order valence-electron chi connectivity index (χ2n) is 6.13. The van der Waals surface area contributed by atoms with Crippen molar-refractivity contribution in [1.29, 1.82) is 0 Å². The second-order valence-corrected chi connectivity index (χ2v) is 7.81. The minimum atomic E-state index is -3.67. The number of aromatic nitrogens is 1. The SMILES string of the molecule is CCC(C)Nc1ccc(NS(=O)(=O)c2ccc(OC(C)C)cc2)cn1. The van der Waals surface area contributed by atoms with E-state index in [0.717, 1.165) is 6.42 Å². The Hall–Kier alpha value is -2.28. The molecule has 136 valence electrons. The van der Waals surface area contributed by atoms with E-state index in [9.17, 15) is 8.42 Å². The number of nitrogens with one attached hydrogen (secondary N) is 2. The molecule has 1 aromatic carbocycles. The van der Waals surface area contributed by atoms with Crippen molar-refractivity contribution in [2.75, 3.05) is 10.0 Å². The molecule has 0 fully saturated rings. The summed E-state index contributed by atoms with van der Waals surface area (Å²) in [7, 11) is -3.67. The normalized spacial score (nSPS) is 12.7. The number of ether oxygens (including phenoxy) is 1. The highest BCUT2D eigenvalue weighted by atomic mass is 32.2. The number of nitrogens with zero attached hydrogens (tertiary/aromatic N) is 1. The average Bonchev–Trinajstić information content (AvgIpc) is 2.56. The van der Waals surface area contributed by atoms with Crippen molar-refractivity contribution >= 4 is 21.5 Å². The van der Waals surface area contributed by atoms with E-state index in [2.05, 4.69) is 28.9 Å². The maximum absolute atomic E-state index is 12.4. The van der Waals surface area contributed by atoms with Crippen molar-refractivity contribution in [3.05, 3.63) is 42.6 Å². The standard InChI is InChI=1S/C18H25N3O3S/c1-5-14(4)20-18-11-6-15(12-19-18)21-25(22,23)17-9-7-16(8-10-17)24-13(2)3/h6-14,21H,5H2,1-4H3,(H,19,20). The van der Waals surface area contributed by atoms with Gasteiger partial charge in [-0.25, -0.2) is 13.4 Å². The van der Waals surface area contributed by atoms with Gasteiger partial charge in [-0.1, -0.05) is 6.92 Å². The van der Waals surface area contributed by atoms with Gasteiger partial charge in [0.05, 0.1) is 22.9 Å². The van der Waals surface area contributed by atoms with Crippen LogP contribution in [0.3, 0.4) is 0 Å². The van der Waals surface area contributed by atoms with Crippen LogP contribution in [0, 0.1) is 0 Å². The summed E-state index contributed by atoms with van der Waals surface area (Å²) < 4.78 is 32.9. The summed E-state index contributed by atoms with van der Waals surface area (Å²) in [5.74, 6) is 1.35. The molecule has 0 spiro atoms. The first-order valence-electron chi connectivity index (χ1n) is 8.32. The molecule has 0 aliphatic heterocycles. The molecule has 1 heterocycles. The Morgan fingerprint density at radius 3 is 2.28 bits per heavy atom. The van der Waals surface area contributed by atoms with E-state index < -0.39 is 10.0 Å². The van der Waals surface area contributed by atoms with Crippen LogP contribution in [0.25, 0.3) is 0 Å². The van der Waals surface area contributed by atoms with E-state index in [-0.39, 0.29) is 11.0 Å². The maximum atomic E-state index is 12.4. The Labute approximate surface area is 149 Å². The molecule has 0 aliphatic rings. The fraction of sp³-hybridized carbons (Fsp3) is 0.389. The summed E-state index contributed by atoms with van der Waals surface area (Å²) in [5, 5.41) is 3.23. The first-order valence-corrected chi connectivity index (χ1v) is 9.80. The van der Waals surface area contributed by atoms with Gasteiger partial charge in [0.1, 0.15) is 11.6 Å². The molecule has 6 nitrogen and oxygen atoms in total. The Bertz CT molecular complexity index is 772. The zero-order valence-electron chi connectivity index (χ0n) is 15.0. The highest BCUT2D eigenvalue weighted by Gasteiger charge is 2.14. The molecule has 0 amide bonds. The summed E-state index contributed by atoms with van der Waals surface area (Å²) in [5.41, 5.74) is 0.414. The Morgan fingerprint density at radius 2 is 1.76 bits per heavy atom. The minimum absolute atomic E-state index is 0.0363. The molecule has 0 radical (unpaired) electrons. The van der Waals surface area contributed by atoms with Crippen LogP contribution in [0.15, 0.2) is 47.5 Å². The molecule has 0 saturated heterocycles. The summed E-state index contributed by atoms with van der Waals surface area (Å²) in [6, 6.07) is 10.1. The third-order valence-electron chi connectivity index (χ3n) is 3.53. The molecule has 1 atom stereocenters. The molecule has 25 heavy (non-hydrogen) atoms. The molecule has 7 heteroatoms. The molecular weight excluding hydrogens is 338 g/mol. The summed E-state index contributed by atoms with van der Waals surface area (Å²) in [4.78, 5) is 4.40. The van der Waals surface area contributed by atoms with E-state index in [1.165, 1.54) is 18.3 Å². The molecular formula is C18H25N3O3S. The van der Waals surface area contributed by atoms with Gasteiger partial charge < -0.3 is 10.1 Å². The molecule has 2 N–H and O–H groups in total. The van der Waals surface area contributed by atoms with E-state index in [4.69, 9.17) is 4.74 Å². The number of benzene rings is 1. The van der Waals surface area contributed by atoms with Crippen LogP contribution in [0.5, 0.6) is 5.75 Å². The first kappa shape index (κ1) is 19.1. The predicted molar refractivity (Wildman–Crippen MR) is 101 cm³/mol. The number of hydrogen-bond acceptors (Lipinski definition) is 5. The highest BCUT2D eigenvalue weighted by molar-refractivity contribution is 7.92. The van der Waals surface area contributed by atoms with Crippen molar-refractivity contribution < 1.29 is 13.2 Å². The molecule has 1 unspecified atom stereocenters. The Morgan fingerprint density at radius 1 is 1.08 bits per heavy atom. The third kappa shape index (κ3) is 5.63. The topological polar surface area (TPSA) is 80.3 Å². The fourth-order valence-electron chi connectivity index (χ4n) is 2.08. The zero-order valence-corrected chi connectivity index (χ0v) is 15.8. The summed E-state index contributed by atoms with van der Waals surface area (Å²) >= 11 is 0. The van der Waals surface area contributed by atoms with Crippen LogP contribution in [0.1, 0.15) is 34.1 Å². The lowest BCUT2D eigenvalue weighted by Gasteiger charge is -2.13. The molecule has 0 saturated carbocycles. The Kier molecular flexibility index (Phi) is 6.25. The van der Waals surface area contributed by atoms with Gasteiger partial charge in [0.2, 0.25) is 0 Å². The zero-order chi connectivity index (χ0) is 18.4. The van der Waals surface area contributed by atoms with Gasteiger partial charge in [-0.15, -0.1) is 0 Å². The van der Waals surface area contributed by atoms with Gasteiger partial charge in [-0.3, -0.25) is 4.72 Å². The van der Waals surface area contributed by atoms with Gasteiger partial charge >= 0.3 is 0 Å². The van der Waals surface area contributed by atoms with Crippen molar-refractivity contribution in [3.8, 4) is 5.75 Å². The monoisotopic (exact) mass is 363 g/mol. The van der Waals surface area contributed by atoms with Crippen LogP contribution >= 0.6 is 0 Å². The summed E-state index contributed by atoms with van der Waals surface area (Å²) in [6.07, 6.45) is 2.51. The van der Waals surface area contributed by atoms with Crippen LogP contribution in [0.4, 0.5) is 11.5 Å². The van der Waals surface area contributed by atoms with Gasteiger partial charge in [0.15, 0.2) is 0 Å². The van der Waals surface area contributed by atoms with Crippen LogP contribution in [-0.4, -0.2) is 25.5 Å².